The third-order valence-corrected chi connectivity index (χ3v) is 8.17. The Hall–Kier alpha value is -1.81. The molecule has 3 heterocycles. The van der Waals surface area contributed by atoms with E-state index in [0.29, 0.717) is 6.04 Å². The van der Waals surface area contributed by atoms with Crippen molar-refractivity contribution in [1.82, 2.24) is 4.90 Å². The van der Waals surface area contributed by atoms with E-state index in [4.69, 9.17) is 4.74 Å². The lowest BCUT2D eigenvalue weighted by atomic mass is 9.40. The Balaban J connectivity index is 1.67. The van der Waals surface area contributed by atoms with Crippen LogP contribution >= 0.6 is 0 Å². The topological polar surface area (TPSA) is 41.6 Å². The zero-order valence-corrected chi connectivity index (χ0v) is 14.6. The van der Waals surface area contributed by atoms with E-state index in [1.807, 2.05) is 0 Å². The summed E-state index contributed by atoms with van der Waals surface area (Å²) in [6.45, 7) is 2.18. The Labute approximate surface area is 148 Å². The van der Waals surface area contributed by atoms with Crippen LogP contribution in [0.25, 0.3) is 0 Å². The molecule has 3 saturated carbocycles. The summed E-state index contributed by atoms with van der Waals surface area (Å²) in [5.74, 6) is -0.104. The molecule has 4 nitrogen and oxygen atoms in total. The normalized spacial score (nSPS) is 45.5. The van der Waals surface area contributed by atoms with Gasteiger partial charge in [0.25, 0.3) is 0 Å². The molecule has 7 rings (SSSR count). The summed E-state index contributed by atoms with van der Waals surface area (Å²) >= 11 is 0. The van der Waals surface area contributed by atoms with E-state index in [1.165, 1.54) is 17.7 Å². The number of hydrogen-bond acceptors (Lipinski definition) is 4. The van der Waals surface area contributed by atoms with Gasteiger partial charge in [-0.1, -0.05) is 30.4 Å². The number of methoxy groups -OCH3 is 1. The van der Waals surface area contributed by atoms with E-state index < -0.39 is 0 Å². The van der Waals surface area contributed by atoms with Gasteiger partial charge in [0, 0.05) is 29.1 Å². The van der Waals surface area contributed by atoms with E-state index in [9.17, 15) is 4.79 Å². The molecule has 0 aromatic heterocycles. The molecule has 0 radical (unpaired) electrons. The average Bonchev–Trinajstić information content (AvgIpc) is 3.19. The highest BCUT2D eigenvalue weighted by Gasteiger charge is 2.78. The van der Waals surface area contributed by atoms with Crippen LogP contribution in [-0.2, 0) is 14.9 Å². The minimum absolute atomic E-state index is 0.0315. The van der Waals surface area contributed by atoms with Crippen molar-refractivity contribution >= 4 is 11.7 Å². The second kappa shape index (κ2) is 4.29. The fourth-order valence-electron chi connectivity index (χ4n) is 7.56. The van der Waals surface area contributed by atoms with Crippen LogP contribution in [0.2, 0.25) is 0 Å². The molecule has 4 fully saturated rings. The van der Waals surface area contributed by atoms with Gasteiger partial charge < -0.3 is 10.1 Å². The summed E-state index contributed by atoms with van der Waals surface area (Å²) < 4.78 is 5.31. The summed E-state index contributed by atoms with van der Waals surface area (Å²) in [4.78, 5) is 15.6. The molecule has 1 saturated heterocycles. The number of ether oxygens (including phenoxy) is 1. The van der Waals surface area contributed by atoms with Crippen molar-refractivity contribution in [2.75, 3.05) is 25.5 Å². The van der Waals surface area contributed by atoms with E-state index >= 15 is 0 Å². The van der Waals surface area contributed by atoms with Crippen LogP contribution in [-0.4, -0.2) is 42.6 Å². The Morgan fingerprint density at radius 1 is 1.28 bits per heavy atom. The predicted molar refractivity (Wildman–Crippen MR) is 95.4 cm³/mol. The predicted octanol–water partition coefficient (Wildman–Crippen LogP) is 2.71. The van der Waals surface area contributed by atoms with E-state index in [1.54, 1.807) is 7.11 Å². The van der Waals surface area contributed by atoms with Crippen molar-refractivity contribution in [1.29, 1.82) is 0 Å². The van der Waals surface area contributed by atoms with Crippen molar-refractivity contribution in [3.63, 3.8) is 0 Å². The zero-order valence-electron chi connectivity index (χ0n) is 14.6. The number of para-hydroxylation sites is 1. The quantitative estimate of drug-likeness (QED) is 0.632. The molecule has 1 N–H and O–H groups in total. The molecule has 1 aromatic rings. The van der Waals surface area contributed by atoms with Crippen molar-refractivity contribution in [2.24, 2.45) is 11.3 Å². The molecular formula is C21H24N2O2. The maximum absolute atomic E-state index is 12.9. The molecule has 5 unspecified atom stereocenters. The van der Waals surface area contributed by atoms with Gasteiger partial charge in [0.05, 0.1) is 18.6 Å². The lowest BCUT2D eigenvalue weighted by Gasteiger charge is -2.67. The number of nitrogens with one attached hydrogen (secondary N) is 1. The largest absolute Gasteiger partial charge is 0.469 e. The van der Waals surface area contributed by atoms with Crippen LogP contribution in [0.5, 0.6) is 0 Å². The molecule has 2 bridgehead atoms. The van der Waals surface area contributed by atoms with Gasteiger partial charge in [0.15, 0.2) is 0 Å². The Bertz CT molecular complexity index is 820. The van der Waals surface area contributed by atoms with Gasteiger partial charge in [0.1, 0.15) is 0 Å². The molecule has 3 aliphatic carbocycles. The molecular weight excluding hydrogens is 312 g/mol. The third kappa shape index (κ3) is 1.34. The highest BCUT2D eigenvalue weighted by molar-refractivity contribution is 5.81. The smallest absolute Gasteiger partial charge is 0.311 e. The first-order chi connectivity index (χ1) is 12.2. The first kappa shape index (κ1) is 14.4. The minimum atomic E-state index is -0.184. The summed E-state index contributed by atoms with van der Waals surface area (Å²) in [6.07, 6.45) is 9.08. The molecule has 130 valence electrons. The summed E-state index contributed by atoms with van der Waals surface area (Å²) in [5.41, 5.74) is 2.65. The highest BCUT2D eigenvalue weighted by Crippen LogP contribution is 2.73. The standard InChI is InChI=1S/C21H24N2O2/c1-25-17(24)15-13-19-7-4-11-23-12-10-20(18(19)23)14-5-2-3-6-16(14)22-21(15,20)9-8-19/h2-7,15,18,22H,8-13H2,1H3. The lowest BCUT2D eigenvalue weighted by molar-refractivity contribution is -0.162. The SMILES string of the molecule is COC(=O)C1CC23C=CCN4CCC5(c6ccccc6NC15CC2)C43. The summed E-state index contributed by atoms with van der Waals surface area (Å²) in [5, 5.41) is 3.90. The number of carbonyl (C=O) groups excluding carboxylic acids is 1. The van der Waals surface area contributed by atoms with E-state index in [0.717, 1.165) is 32.4 Å². The van der Waals surface area contributed by atoms with E-state index in [2.05, 4.69) is 46.6 Å². The van der Waals surface area contributed by atoms with Crippen LogP contribution in [0.1, 0.15) is 31.2 Å². The molecule has 3 aliphatic heterocycles. The number of nitrogens with zero attached hydrogens (tertiary/aromatic N) is 1. The number of benzene rings is 1. The van der Waals surface area contributed by atoms with Crippen LogP contribution in [0.3, 0.4) is 0 Å². The number of rotatable bonds is 1. The molecule has 5 atom stereocenters. The fourth-order valence-corrected chi connectivity index (χ4v) is 7.56. The highest BCUT2D eigenvalue weighted by atomic mass is 16.5. The molecule has 25 heavy (non-hydrogen) atoms. The van der Waals surface area contributed by atoms with Gasteiger partial charge in [-0.2, -0.15) is 0 Å². The van der Waals surface area contributed by atoms with Crippen LogP contribution < -0.4 is 5.32 Å². The maximum atomic E-state index is 12.9. The molecule has 3 spiro atoms. The van der Waals surface area contributed by atoms with Crippen molar-refractivity contribution in [3.8, 4) is 0 Å². The van der Waals surface area contributed by atoms with E-state index in [-0.39, 0.29) is 28.3 Å². The Morgan fingerprint density at radius 2 is 2.16 bits per heavy atom. The molecule has 1 aromatic carbocycles. The third-order valence-electron chi connectivity index (χ3n) is 8.17. The van der Waals surface area contributed by atoms with Crippen molar-refractivity contribution < 1.29 is 9.53 Å². The molecule has 4 heteroatoms. The minimum Gasteiger partial charge on any atom is -0.469 e. The number of hydrogen-bond donors (Lipinski definition) is 1. The van der Waals surface area contributed by atoms with Crippen LogP contribution in [0, 0.1) is 11.3 Å². The van der Waals surface area contributed by atoms with Crippen LogP contribution in [0.15, 0.2) is 36.4 Å². The number of carbonyl (C=O) groups is 1. The number of fused-ring (bicyclic) bond motifs is 3. The van der Waals surface area contributed by atoms with Gasteiger partial charge in [-0.25, -0.2) is 0 Å². The van der Waals surface area contributed by atoms with Gasteiger partial charge in [-0.15, -0.1) is 0 Å². The lowest BCUT2D eigenvalue weighted by Crippen LogP contribution is -2.76. The van der Waals surface area contributed by atoms with Crippen molar-refractivity contribution in [2.45, 2.75) is 42.7 Å². The first-order valence-electron chi connectivity index (χ1n) is 9.54. The van der Waals surface area contributed by atoms with Crippen molar-refractivity contribution in [3.05, 3.63) is 42.0 Å². The van der Waals surface area contributed by atoms with Crippen LogP contribution in [0.4, 0.5) is 5.69 Å². The Kier molecular flexibility index (Phi) is 2.47. The molecule has 0 amide bonds. The summed E-state index contributed by atoms with van der Waals surface area (Å²) in [6, 6.07) is 9.29. The number of anilines is 1. The number of esters is 1. The van der Waals surface area contributed by atoms with Gasteiger partial charge >= 0.3 is 5.97 Å². The van der Waals surface area contributed by atoms with Gasteiger partial charge in [-0.3, -0.25) is 9.69 Å². The first-order valence-corrected chi connectivity index (χ1v) is 9.54. The second-order valence-corrected chi connectivity index (χ2v) is 8.68. The fraction of sp³-hybridized carbons (Fsp3) is 0.571. The zero-order chi connectivity index (χ0) is 16.9. The maximum Gasteiger partial charge on any atom is 0.311 e. The monoisotopic (exact) mass is 336 g/mol. The molecule has 6 aliphatic rings. The van der Waals surface area contributed by atoms with Gasteiger partial charge in [-0.05, 0) is 43.9 Å². The average molecular weight is 336 g/mol. The van der Waals surface area contributed by atoms with Gasteiger partial charge in [0.2, 0.25) is 0 Å². The summed E-state index contributed by atoms with van der Waals surface area (Å²) in [7, 11) is 1.54. The Morgan fingerprint density at radius 3 is 3.04 bits per heavy atom. The second-order valence-electron chi connectivity index (χ2n) is 8.68.